The third-order valence-corrected chi connectivity index (χ3v) is 6.92. The minimum absolute atomic E-state index is 0.0423. The molecule has 2 rings (SSSR count). The lowest BCUT2D eigenvalue weighted by Gasteiger charge is -2.13. The third kappa shape index (κ3) is 5.02. The summed E-state index contributed by atoms with van der Waals surface area (Å²) in [6, 6.07) is 1.96. The van der Waals surface area contributed by atoms with Crippen LogP contribution in [0.25, 0.3) is 0 Å². The van der Waals surface area contributed by atoms with Gasteiger partial charge >= 0.3 is 5.97 Å². The number of nitrogens with zero attached hydrogens (tertiary/aromatic N) is 1. The van der Waals surface area contributed by atoms with Gasteiger partial charge in [0, 0.05) is 0 Å². The van der Waals surface area contributed by atoms with Crippen LogP contribution in [0.4, 0.5) is 5.00 Å². The first-order valence-corrected chi connectivity index (χ1v) is 10.5. The SMILES string of the molecule is CCOC(=O)c1sc(NC(=O)COc2c(Cl)c(Cl)c(Cl)c(Cl)c2Cl)c(C#N)c1C. The second-order valence-electron chi connectivity index (χ2n) is 5.33. The normalized spacial score (nSPS) is 10.4. The Bertz CT molecular complexity index is 1000. The number of ether oxygens (including phenoxy) is 2. The van der Waals surface area contributed by atoms with Crippen molar-refractivity contribution in [1.82, 2.24) is 0 Å². The van der Waals surface area contributed by atoms with Gasteiger partial charge in [-0.15, -0.1) is 11.3 Å². The van der Waals surface area contributed by atoms with Gasteiger partial charge in [-0.2, -0.15) is 5.26 Å². The number of halogens is 5. The van der Waals surface area contributed by atoms with E-state index in [1.54, 1.807) is 13.8 Å². The van der Waals surface area contributed by atoms with Gasteiger partial charge in [-0.25, -0.2) is 4.79 Å². The van der Waals surface area contributed by atoms with Crippen molar-refractivity contribution >= 4 is 86.2 Å². The van der Waals surface area contributed by atoms with Gasteiger partial charge in [0.2, 0.25) is 0 Å². The predicted molar refractivity (Wildman–Crippen MR) is 115 cm³/mol. The molecule has 0 unspecified atom stereocenters. The van der Waals surface area contributed by atoms with Crippen molar-refractivity contribution in [3.8, 4) is 11.8 Å². The zero-order chi connectivity index (χ0) is 21.9. The highest BCUT2D eigenvalue weighted by Crippen LogP contribution is 2.48. The van der Waals surface area contributed by atoms with Crippen molar-refractivity contribution in [3.63, 3.8) is 0 Å². The van der Waals surface area contributed by atoms with Gasteiger partial charge in [-0.3, -0.25) is 4.79 Å². The predicted octanol–water partition coefficient (Wildman–Crippen LogP) is 6.39. The molecule has 0 bridgehead atoms. The number of nitriles is 1. The summed E-state index contributed by atoms with van der Waals surface area (Å²) < 4.78 is 10.3. The number of nitrogens with one attached hydrogen (secondary N) is 1. The van der Waals surface area contributed by atoms with Crippen LogP contribution in [0.5, 0.6) is 5.75 Å². The summed E-state index contributed by atoms with van der Waals surface area (Å²) in [5, 5.41) is 11.7. The molecule has 0 saturated carbocycles. The van der Waals surface area contributed by atoms with Crippen LogP contribution < -0.4 is 10.1 Å². The fraction of sp³-hybridized carbons (Fsp3) is 0.235. The first kappa shape index (κ1) is 23.9. The van der Waals surface area contributed by atoms with Crippen molar-refractivity contribution < 1.29 is 19.1 Å². The number of carbonyl (C=O) groups excluding carboxylic acids is 2. The van der Waals surface area contributed by atoms with Crippen LogP contribution in [0.2, 0.25) is 25.1 Å². The average molecular weight is 517 g/mol. The Labute approximate surface area is 195 Å². The van der Waals surface area contributed by atoms with Gasteiger partial charge < -0.3 is 14.8 Å². The number of hydrogen-bond acceptors (Lipinski definition) is 6. The Morgan fingerprint density at radius 2 is 1.62 bits per heavy atom. The summed E-state index contributed by atoms with van der Waals surface area (Å²) in [5.41, 5.74) is 0.564. The molecule has 0 atom stereocenters. The smallest absolute Gasteiger partial charge is 0.348 e. The van der Waals surface area contributed by atoms with Crippen molar-refractivity contribution in [2.24, 2.45) is 0 Å². The number of hydrogen-bond donors (Lipinski definition) is 1. The minimum atomic E-state index is -0.632. The molecule has 0 spiro atoms. The van der Waals surface area contributed by atoms with E-state index in [2.05, 4.69) is 5.32 Å². The van der Waals surface area contributed by atoms with Crippen molar-refractivity contribution in [2.45, 2.75) is 13.8 Å². The summed E-state index contributed by atoms with van der Waals surface area (Å²) in [6.45, 7) is 2.91. The van der Waals surface area contributed by atoms with E-state index in [1.807, 2.05) is 6.07 Å². The molecule has 29 heavy (non-hydrogen) atoms. The highest BCUT2D eigenvalue weighted by atomic mass is 35.5. The maximum Gasteiger partial charge on any atom is 0.348 e. The molecule has 0 radical (unpaired) electrons. The number of thiophene rings is 1. The summed E-state index contributed by atoms with van der Waals surface area (Å²) >= 11 is 30.8. The first-order chi connectivity index (χ1) is 13.6. The quantitative estimate of drug-likeness (QED) is 0.273. The largest absolute Gasteiger partial charge is 0.481 e. The van der Waals surface area contributed by atoms with Gasteiger partial charge in [0.25, 0.3) is 5.91 Å². The van der Waals surface area contributed by atoms with E-state index in [-0.39, 0.29) is 52.9 Å². The van der Waals surface area contributed by atoms with Crippen LogP contribution in [0.15, 0.2) is 0 Å². The molecule has 1 aromatic carbocycles. The van der Waals surface area contributed by atoms with Crippen LogP contribution >= 0.6 is 69.3 Å². The van der Waals surface area contributed by atoms with Crippen LogP contribution in [0.1, 0.15) is 27.7 Å². The third-order valence-electron chi connectivity index (χ3n) is 3.49. The summed E-state index contributed by atoms with van der Waals surface area (Å²) in [6.07, 6.45) is 0. The molecule has 154 valence electrons. The Hall–Kier alpha value is -1.40. The molecule has 1 amide bonds. The first-order valence-electron chi connectivity index (χ1n) is 7.78. The van der Waals surface area contributed by atoms with Gasteiger partial charge in [-0.05, 0) is 19.4 Å². The lowest BCUT2D eigenvalue weighted by molar-refractivity contribution is -0.118. The second kappa shape index (κ2) is 10.1. The molecule has 0 aliphatic carbocycles. The molecule has 1 N–H and O–H groups in total. The molecule has 6 nitrogen and oxygen atoms in total. The number of amides is 1. The zero-order valence-electron chi connectivity index (χ0n) is 14.8. The lowest BCUT2D eigenvalue weighted by atomic mass is 10.2. The topological polar surface area (TPSA) is 88.4 Å². The van der Waals surface area contributed by atoms with E-state index in [1.165, 1.54) is 0 Å². The van der Waals surface area contributed by atoms with Crippen molar-refractivity contribution in [1.29, 1.82) is 5.26 Å². The number of rotatable bonds is 6. The average Bonchev–Trinajstić information content (AvgIpc) is 3.00. The van der Waals surface area contributed by atoms with Crippen LogP contribution in [0.3, 0.4) is 0 Å². The van der Waals surface area contributed by atoms with E-state index < -0.39 is 18.5 Å². The number of benzene rings is 1. The number of anilines is 1. The molecule has 2 aromatic rings. The van der Waals surface area contributed by atoms with E-state index >= 15 is 0 Å². The highest BCUT2D eigenvalue weighted by Gasteiger charge is 2.24. The van der Waals surface area contributed by atoms with Gasteiger partial charge in [0.15, 0.2) is 12.4 Å². The molecule has 1 heterocycles. The molecule has 0 saturated heterocycles. The molecule has 12 heteroatoms. The van der Waals surface area contributed by atoms with Crippen LogP contribution in [-0.2, 0) is 9.53 Å². The van der Waals surface area contributed by atoms with E-state index in [0.29, 0.717) is 5.56 Å². The maximum absolute atomic E-state index is 12.3. The minimum Gasteiger partial charge on any atom is -0.481 e. The molecule has 0 aliphatic rings. The van der Waals surface area contributed by atoms with Crippen molar-refractivity contribution in [2.75, 3.05) is 18.5 Å². The molecular formula is C17H11Cl5N2O4S. The fourth-order valence-corrected chi connectivity index (χ4v) is 4.44. The van der Waals surface area contributed by atoms with E-state index in [4.69, 9.17) is 67.5 Å². The summed E-state index contributed by atoms with van der Waals surface area (Å²) in [4.78, 5) is 24.5. The molecule has 1 aromatic heterocycles. The molecular weight excluding hydrogens is 506 g/mol. The maximum atomic E-state index is 12.3. The lowest BCUT2D eigenvalue weighted by Crippen LogP contribution is -2.20. The highest BCUT2D eigenvalue weighted by molar-refractivity contribution is 7.18. The Kier molecular flexibility index (Phi) is 8.29. The number of esters is 1. The van der Waals surface area contributed by atoms with Crippen molar-refractivity contribution in [3.05, 3.63) is 41.1 Å². The number of carbonyl (C=O) groups is 2. The Morgan fingerprint density at radius 1 is 1.07 bits per heavy atom. The van der Waals surface area contributed by atoms with Gasteiger partial charge in [0.05, 0.1) is 27.2 Å². The zero-order valence-corrected chi connectivity index (χ0v) is 19.4. The molecule has 0 fully saturated rings. The van der Waals surface area contributed by atoms with E-state index in [0.717, 1.165) is 11.3 Å². The van der Waals surface area contributed by atoms with Crippen LogP contribution in [0, 0.1) is 18.3 Å². The van der Waals surface area contributed by atoms with Gasteiger partial charge in [-0.1, -0.05) is 58.0 Å². The summed E-state index contributed by atoms with van der Waals surface area (Å²) in [7, 11) is 0. The van der Waals surface area contributed by atoms with E-state index in [9.17, 15) is 14.9 Å². The van der Waals surface area contributed by atoms with Crippen LogP contribution in [-0.4, -0.2) is 25.1 Å². The second-order valence-corrected chi connectivity index (χ2v) is 8.24. The molecule has 0 aliphatic heterocycles. The monoisotopic (exact) mass is 514 g/mol. The summed E-state index contributed by atoms with van der Waals surface area (Å²) in [5.74, 6) is -1.32. The Morgan fingerprint density at radius 3 is 2.14 bits per heavy atom. The fourth-order valence-electron chi connectivity index (χ4n) is 2.14. The standard InChI is InChI=1S/C17H11Cl5N2O4S/c1-3-27-17(26)15-6(2)7(4-23)16(29-15)24-8(25)5-28-14-12(21)10(19)9(18)11(20)13(14)22/h3,5H2,1-2H3,(H,24,25). The van der Waals surface area contributed by atoms with Gasteiger partial charge in [0.1, 0.15) is 26.0 Å². The Balaban J connectivity index is 2.20.